The Morgan fingerprint density at radius 3 is 2.50 bits per heavy atom. The first-order valence-electron chi connectivity index (χ1n) is 10.7. The Morgan fingerprint density at radius 2 is 1.72 bits per heavy atom. The van der Waals surface area contributed by atoms with Gasteiger partial charge in [-0.15, -0.1) is 0 Å². The molecule has 4 rings (SSSR count). The molecule has 0 saturated carbocycles. The van der Waals surface area contributed by atoms with Gasteiger partial charge in [-0.25, -0.2) is 0 Å². The number of nitrogens with zero attached hydrogens (tertiary/aromatic N) is 3. The number of pyridine rings is 1. The fourth-order valence-corrected chi connectivity index (χ4v) is 4.06. The van der Waals surface area contributed by atoms with Gasteiger partial charge < -0.3 is 10.6 Å². The fourth-order valence-electron chi connectivity index (χ4n) is 3.88. The largest absolute Gasteiger partial charge is 0.324 e. The number of halogens is 1. The number of piperazine rings is 1. The van der Waals surface area contributed by atoms with Crippen molar-refractivity contribution in [3.05, 3.63) is 65.8 Å². The molecule has 8 heteroatoms. The lowest BCUT2D eigenvalue weighted by Crippen LogP contribution is -2.53. The maximum absolute atomic E-state index is 12.9. The molecule has 7 nitrogen and oxygen atoms in total. The van der Waals surface area contributed by atoms with Crippen molar-refractivity contribution in [3.8, 4) is 0 Å². The minimum Gasteiger partial charge on any atom is -0.324 e. The van der Waals surface area contributed by atoms with Crippen LogP contribution in [0.4, 0.5) is 11.4 Å². The van der Waals surface area contributed by atoms with E-state index in [2.05, 4.69) is 25.4 Å². The normalized spacial score (nSPS) is 15.9. The molecule has 1 saturated heterocycles. The number of aromatic nitrogens is 1. The van der Waals surface area contributed by atoms with E-state index in [1.54, 1.807) is 18.3 Å². The van der Waals surface area contributed by atoms with Gasteiger partial charge >= 0.3 is 0 Å². The molecular weight excluding hydrogens is 426 g/mol. The molecule has 1 aromatic heterocycles. The minimum absolute atomic E-state index is 0.0498. The zero-order valence-corrected chi connectivity index (χ0v) is 18.7. The number of nitrogens with one attached hydrogen (secondary N) is 2. The lowest BCUT2D eigenvalue weighted by molar-refractivity contribution is -0.122. The maximum atomic E-state index is 12.9. The maximum Gasteiger partial charge on any atom is 0.241 e. The minimum atomic E-state index is -0.277. The first kappa shape index (κ1) is 22.2. The average Bonchev–Trinajstić information content (AvgIpc) is 2.81. The predicted molar refractivity (Wildman–Crippen MR) is 128 cm³/mol. The van der Waals surface area contributed by atoms with Gasteiger partial charge in [0.2, 0.25) is 11.8 Å². The van der Waals surface area contributed by atoms with E-state index in [0.29, 0.717) is 43.4 Å². The molecule has 0 radical (unpaired) electrons. The molecule has 0 bridgehead atoms. The van der Waals surface area contributed by atoms with Crippen molar-refractivity contribution >= 4 is 45.7 Å². The van der Waals surface area contributed by atoms with Gasteiger partial charge in [0.05, 0.1) is 34.5 Å². The zero-order chi connectivity index (χ0) is 22.5. The van der Waals surface area contributed by atoms with E-state index in [9.17, 15) is 9.59 Å². The summed E-state index contributed by atoms with van der Waals surface area (Å²) in [6.07, 6.45) is 1.74. The quantitative estimate of drug-likeness (QED) is 0.600. The predicted octanol–water partition coefficient (Wildman–Crippen LogP) is 3.47. The average molecular weight is 452 g/mol. The van der Waals surface area contributed by atoms with Crippen LogP contribution in [0.5, 0.6) is 0 Å². The summed E-state index contributed by atoms with van der Waals surface area (Å²) in [5, 5.41) is 7.35. The van der Waals surface area contributed by atoms with Crippen molar-refractivity contribution in [1.29, 1.82) is 0 Å². The van der Waals surface area contributed by atoms with E-state index in [0.717, 1.165) is 16.6 Å². The van der Waals surface area contributed by atoms with E-state index in [1.165, 1.54) is 0 Å². The summed E-state index contributed by atoms with van der Waals surface area (Å²) in [5.41, 5.74) is 2.23. The van der Waals surface area contributed by atoms with E-state index in [4.69, 9.17) is 11.6 Å². The van der Waals surface area contributed by atoms with Crippen molar-refractivity contribution in [2.75, 3.05) is 43.4 Å². The summed E-state index contributed by atoms with van der Waals surface area (Å²) >= 11 is 6.11. The molecule has 1 aliphatic rings. The molecule has 2 amide bonds. The SMILES string of the molecule is CC(C(=O)Nc1cccc2ncccc12)N1CCN(CC(=O)Nc2ccccc2Cl)CC1. The second kappa shape index (κ2) is 10.1. The van der Waals surface area contributed by atoms with Gasteiger partial charge in [0.1, 0.15) is 0 Å². The number of rotatable bonds is 6. The van der Waals surface area contributed by atoms with Crippen LogP contribution in [0.15, 0.2) is 60.8 Å². The van der Waals surface area contributed by atoms with Gasteiger partial charge in [-0.2, -0.15) is 0 Å². The van der Waals surface area contributed by atoms with E-state index >= 15 is 0 Å². The van der Waals surface area contributed by atoms with Gasteiger partial charge in [0.15, 0.2) is 0 Å². The number of para-hydroxylation sites is 1. The van der Waals surface area contributed by atoms with Crippen LogP contribution < -0.4 is 10.6 Å². The smallest absolute Gasteiger partial charge is 0.241 e. The fraction of sp³-hybridized carbons (Fsp3) is 0.292. The van der Waals surface area contributed by atoms with Crippen molar-refractivity contribution in [1.82, 2.24) is 14.8 Å². The topological polar surface area (TPSA) is 77.6 Å². The molecule has 1 fully saturated rings. The van der Waals surface area contributed by atoms with Crippen LogP contribution in [0.3, 0.4) is 0 Å². The molecule has 166 valence electrons. The van der Waals surface area contributed by atoms with Gasteiger partial charge in [-0.1, -0.05) is 29.8 Å². The summed E-state index contributed by atoms with van der Waals surface area (Å²) in [4.78, 5) is 33.8. The molecular formula is C24H26ClN5O2. The Balaban J connectivity index is 1.28. The Hall–Kier alpha value is -3.00. The van der Waals surface area contributed by atoms with Crippen molar-refractivity contribution in [3.63, 3.8) is 0 Å². The summed E-state index contributed by atoms with van der Waals surface area (Å²) in [7, 11) is 0. The number of anilines is 2. The number of carbonyl (C=O) groups is 2. The Bertz CT molecular complexity index is 1110. The number of benzene rings is 2. The molecule has 0 aliphatic carbocycles. The Labute approximate surface area is 192 Å². The lowest BCUT2D eigenvalue weighted by Gasteiger charge is -2.37. The van der Waals surface area contributed by atoms with Crippen molar-refractivity contribution in [2.24, 2.45) is 0 Å². The molecule has 3 aromatic rings. The van der Waals surface area contributed by atoms with Crippen LogP contribution in [-0.4, -0.2) is 65.4 Å². The highest BCUT2D eigenvalue weighted by Gasteiger charge is 2.26. The van der Waals surface area contributed by atoms with Crippen LogP contribution in [-0.2, 0) is 9.59 Å². The molecule has 2 heterocycles. The molecule has 1 unspecified atom stereocenters. The Morgan fingerprint density at radius 1 is 0.969 bits per heavy atom. The first-order chi connectivity index (χ1) is 15.5. The highest BCUT2D eigenvalue weighted by Crippen LogP contribution is 2.22. The second-order valence-electron chi connectivity index (χ2n) is 7.88. The molecule has 2 N–H and O–H groups in total. The van der Waals surface area contributed by atoms with Crippen molar-refractivity contribution < 1.29 is 9.59 Å². The van der Waals surface area contributed by atoms with Gasteiger partial charge in [0, 0.05) is 37.8 Å². The number of hydrogen-bond donors (Lipinski definition) is 2. The monoisotopic (exact) mass is 451 g/mol. The number of carbonyl (C=O) groups excluding carboxylic acids is 2. The number of fused-ring (bicyclic) bond motifs is 1. The van der Waals surface area contributed by atoms with Gasteiger partial charge in [0.25, 0.3) is 0 Å². The number of hydrogen-bond acceptors (Lipinski definition) is 5. The highest BCUT2D eigenvalue weighted by molar-refractivity contribution is 6.33. The molecule has 1 atom stereocenters. The van der Waals surface area contributed by atoms with Gasteiger partial charge in [-0.3, -0.25) is 24.4 Å². The van der Waals surface area contributed by atoms with E-state index < -0.39 is 0 Å². The lowest BCUT2D eigenvalue weighted by atomic mass is 10.1. The van der Waals surface area contributed by atoms with Crippen molar-refractivity contribution in [2.45, 2.75) is 13.0 Å². The third kappa shape index (κ3) is 5.24. The van der Waals surface area contributed by atoms with Crippen LogP contribution in [0, 0.1) is 0 Å². The second-order valence-corrected chi connectivity index (χ2v) is 8.29. The van der Waals surface area contributed by atoms with E-state index in [1.807, 2.05) is 49.4 Å². The molecule has 1 aliphatic heterocycles. The third-order valence-electron chi connectivity index (χ3n) is 5.75. The molecule has 32 heavy (non-hydrogen) atoms. The van der Waals surface area contributed by atoms with Crippen LogP contribution in [0.1, 0.15) is 6.92 Å². The van der Waals surface area contributed by atoms with E-state index in [-0.39, 0.29) is 17.9 Å². The summed E-state index contributed by atoms with van der Waals surface area (Å²) in [6, 6.07) is 16.4. The highest BCUT2D eigenvalue weighted by atomic mass is 35.5. The summed E-state index contributed by atoms with van der Waals surface area (Å²) in [6.45, 7) is 5.06. The third-order valence-corrected chi connectivity index (χ3v) is 6.08. The number of amides is 2. The molecule has 2 aromatic carbocycles. The van der Waals surface area contributed by atoms with Gasteiger partial charge in [-0.05, 0) is 43.3 Å². The van der Waals surface area contributed by atoms with Crippen LogP contribution >= 0.6 is 11.6 Å². The standard InChI is InChI=1S/C24H26ClN5O2/c1-17(24(32)28-21-10-4-9-20-18(21)6-5-11-26-20)30-14-12-29(13-15-30)16-23(31)27-22-8-3-2-7-19(22)25/h2-11,17H,12-16H2,1H3,(H,27,31)(H,28,32). The van der Waals surface area contributed by atoms with Crippen LogP contribution in [0.2, 0.25) is 5.02 Å². The Kier molecular flexibility index (Phi) is 6.99. The molecule has 0 spiro atoms. The van der Waals surface area contributed by atoms with Crippen LogP contribution in [0.25, 0.3) is 10.9 Å². The summed E-state index contributed by atoms with van der Waals surface area (Å²) < 4.78 is 0. The summed E-state index contributed by atoms with van der Waals surface area (Å²) in [5.74, 6) is -0.145. The first-order valence-corrected chi connectivity index (χ1v) is 11.0. The zero-order valence-electron chi connectivity index (χ0n) is 17.9.